The Hall–Kier alpha value is -4.96. The summed E-state index contributed by atoms with van der Waals surface area (Å²) >= 11 is 0. The highest BCUT2D eigenvalue weighted by molar-refractivity contribution is 5.87. The molecule has 3 aliphatic heterocycles. The summed E-state index contributed by atoms with van der Waals surface area (Å²) < 4.78 is 46.8. The van der Waals surface area contributed by atoms with Crippen LogP contribution < -0.4 is 26.6 Å². The van der Waals surface area contributed by atoms with Crippen LogP contribution in [0.2, 0.25) is 0 Å². The van der Waals surface area contributed by atoms with Gasteiger partial charge in [0.05, 0.1) is 50.0 Å². The van der Waals surface area contributed by atoms with E-state index in [1.54, 1.807) is 110 Å². The Morgan fingerprint density at radius 2 is 1.28 bits per heavy atom. The molecule has 0 aromatic heterocycles. The number of amides is 6. The van der Waals surface area contributed by atoms with Crippen LogP contribution >= 0.6 is 0 Å². The Balaban J connectivity index is 1.81. The van der Waals surface area contributed by atoms with Gasteiger partial charge in [0.2, 0.25) is 0 Å². The summed E-state index contributed by atoms with van der Waals surface area (Å²) in [4.78, 5) is 83.0. The summed E-state index contributed by atoms with van der Waals surface area (Å²) in [5.74, 6) is -2.06. The number of nitrogens with zero attached hydrogens (tertiary/aromatic N) is 2. The fourth-order valence-electron chi connectivity index (χ4n) is 9.41. The van der Waals surface area contributed by atoms with Gasteiger partial charge in [-0.15, -0.1) is 0 Å². The molecule has 1 saturated carbocycles. The maximum atomic E-state index is 14.5. The highest BCUT2D eigenvalue weighted by Crippen LogP contribution is 2.39. The van der Waals surface area contributed by atoms with E-state index in [0.717, 1.165) is 4.90 Å². The Morgan fingerprint density at radius 1 is 0.744 bits per heavy atom. The van der Waals surface area contributed by atoms with Crippen molar-refractivity contribution in [3.05, 3.63) is 11.8 Å². The van der Waals surface area contributed by atoms with E-state index in [9.17, 15) is 54.3 Å². The molecule has 4 aliphatic rings. The SMILES string of the molecule is CN(C(=O)OC(C)(C)C)[C@@H]1[C@@H](O)[C@@H](O[C@@H]2[C@@H](O)[C@H](C3OC(CNCC(O)CNC(=O)OC(C)(C)C)=CC[C@H]3NC(=O)OC(C)(C)C)[C@@H](NC(=O)OC(C)(C)C)C[C@H]2NC(=O)C2(O)CCN(C(=O)OC(C)(C)C)C2)OC[C@]1(C)O. The topological polar surface area (TPSA) is 344 Å². The van der Waals surface area contributed by atoms with Crippen LogP contribution in [-0.2, 0) is 42.7 Å². The van der Waals surface area contributed by atoms with Crippen molar-refractivity contribution in [1.82, 2.24) is 36.4 Å². The lowest BCUT2D eigenvalue weighted by atomic mass is 9.72. The molecule has 0 spiro atoms. The van der Waals surface area contributed by atoms with Crippen molar-refractivity contribution in [3.8, 4) is 0 Å². The number of aliphatic hydroxyl groups is 5. The third kappa shape index (κ3) is 19.7. The fourth-order valence-corrected chi connectivity index (χ4v) is 9.41. The number of carbonyl (C=O) groups is 6. The molecule has 6 amide bonds. The first-order valence-corrected chi connectivity index (χ1v) is 26.5. The van der Waals surface area contributed by atoms with Crippen molar-refractivity contribution < 1.29 is 92.2 Å². The molecule has 0 aromatic rings. The maximum absolute atomic E-state index is 14.5. The number of rotatable bonds is 14. The minimum Gasteiger partial charge on any atom is -0.491 e. The van der Waals surface area contributed by atoms with E-state index in [1.807, 2.05) is 0 Å². The summed E-state index contributed by atoms with van der Waals surface area (Å²) in [5.41, 5.74) is -8.73. The number of aliphatic hydroxyl groups excluding tert-OH is 3. The van der Waals surface area contributed by atoms with Gasteiger partial charge >= 0.3 is 30.5 Å². The van der Waals surface area contributed by atoms with E-state index in [1.165, 1.54) is 18.9 Å². The average Bonchev–Trinajstić information content (AvgIpc) is 3.66. The van der Waals surface area contributed by atoms with Crippen LogP contribution in [0.1, 0.15) is 130 Å². The zero-order chi connectivity index (χ0) is 59.3. The Bertz CT molecular complexity index is 2130. The third-order valence-corrected chi connectivity index (χ3v) is 12.5. The molecule has 26 heteroatoms. The molecule has 3 unspecified atom stereocenters. The number of hydrogen-bond acceptors (Lipinski definition) is 20. The summed E-state index contributed by atoms with van der Waals surface area (Å²) in [5, 5.41) is 73.5. The van der Waals surface area contributed by atoms with Crippen molar-refractivity contribution in [2.75, 3.05) is 46.4 Å². The lowest BCUT2D eigenvalue weighted by Gasteiger charge is -2.52. The number of nitrogens with one attached hydrogen (secondary N) is 5. The van der Waals surface area contributed by atoms with Crippen LogP contribution in [0.5, 0.6) is 0 Å². The Morgan fingerprint density at radius 3 is 1.83 bits per heavy atom. The van der Waals surface area contributed by atoms with Gasteiger partial charge in [-0.25, -0.2) is 24.0 Å². The van der Waals surface area contributed by atoms with Gasteiger partial charge < -0.3 is 99.8 Å². The molecule has 3 heterocycles. The average molecular weight is 1120 g/mol. The van der Waals surface area contributed by atoms with Gasteiger partial charge in [0.1, 0.15) is 57.7 Å². The summed E-state index contributed by atoms with van der Waals surface area (Å²) in [6.45, 7) is 24.9. The molecule has 0 aromatic carbocycles. The van der Waals surface area contributed by atoms with E-state index in [4.69, 9.17) is 37.9 Å². The third-order valence-electron chi connectivity index (χ3n) is 12.5. The van der Waals surface area contributed by atoms with Gasteiger partial charge in [-0.3, -0.25) is 4.79 Å². The van der Waals surface area contributed by atoms with Crippen molar-refractivity contribution in [3.63, 3.8) is 0 Å². The fraction of sp³-hybridized carbons (Fsp3) is 0.846. The number of β-amino-alcohol motifs (C(OH)–C–C–N with tert-alkyl or cyclic N) is 1. The molecule has 1 aliphatic carbocycles. The monoisotopic (exact) mass is 1120 g/mol. The first kappa shape index (κ1) is 65.6. The van der Waals surface area contributed by atoms with Crippen molar-refractivity contribution >= 4 is 36.4 Å². The van der Waals surface area contributed by atoms with Gasteiger partial charge in [0, 0.05) is 45.1 Å². The minimum absolute atomic E-state index is 0.0295. The van der Waals surface area contributed by atoms with Crippen LogP contribution in [0.15, 0.2) is 11.8 Å². The maximum Gasteiger partial charge on any atom is 0.410 e. The lowest BCUT2D eigenvalue weighted by molar-refractivity contribution is -0.306. The number of alkyl carbamates (subject to hydrolysis) is 3. The predicted octanol–water partition coefficient (Wildman–Crippen LogP) is 2.25. The number of carbonyl (C=O) groups excluding carboxylic acids is 6. The van der Waals surface area contributed by atoms with Gasteiger partial charge in [0.25, 0.3) is 5.91 Å². The van der Waals surface area contributed by atoms with E-state index < -0.39 is 156 Å². The smallest absolute Gasteiger partial charge is 0.410 e. The zero-order valence-corrected chi connectivity index (χ0v) is 48.6. The molecule has 2 saturated heterocycles. The molecule has 26 nitrogen and oxygen atoms in total. The Labute approximate surface area is 458 Å². The van der Waals surface area contributed by atoms with Crippen LogP contribution in [0.4, 0.5) is 24.0 Å². The van der Waals surface area contributed by atoms with E-state index >= 15 is 0 Å². The molecule has 4 rings (SSSR count). The van der Waals surface area contributed by atoms with Gasteiger partial charge in [-0.2, -0.15) is 0 Å². The van der Waals surface area contributed by atoms with Crippen molar-refractivity contribution in [1.29, 1.82) is 0 Å². The standard InChI is InChI=1S/C52H91N7O19/c1-46(2,3)74-41(64)54-24-28(60)23-53-25-29-18-19-30(56-42(65)75-47(4,5)6)36(72-29)33-31(57-43(66)76-48(7,8)9)22-32(55-40(63)52(70)20-21-59(26-52)45(68)78-50(13,14)15)37(34(33)61)73-39-35(62)38(51(16,69)27-71-39)58(17)44(67)77-49(10,11)12/h18,28,30-39,53,60-62,69-70H,19-27H2,1-17H3,(H,54,64)(H,55,63)(H,56,65)(H,57,66)/t28?,30-,31+,32-,33-,34+,35-,36?,37+,38-,39-,51+,52?/m1/s1. The van der Waals surface area contributed by atoms with Crippen LogP contribution in [-0.4, -0.2) is 218 Å². The molecule has 0 bridgehead atoms. The van der Waals surface area contributed by atoms with Gasteiger partial charge in [-0.05, 0) is 130 Å². The van der Waals surface area contributed by atoms with E-state index in [-0.39, 0.29) is 51.2 Å². The quantitative estimate of drug-likeness (QED) is 0.112. The molecule has 0 radical (unpaired) electrons. The largest absolute Gasteiger partial charge is 0.491 e. The molecule has 13 atom stereocenters. The highest BCUT2D eigenvalue weighted by atomic mass is 16.7. The van der Waals surface area contributed by atoms with Crippen molar-refractivity contribution in [2.24, 2.45) is 5.92 Å². The minimum atomic E-state index is -2.21. The lowest BCUT2D eigenvalue weighted by Crippen LogP contribution is -2.71. The number of likely N-dealkylation sites (tertiary alicyclic amines) is 1. The number of hydrogen-bond donors (Lipinski definition) is 10. The molecule has 448 valence electrons. The second kappa shape index (κ2) is 25.2. The summed E-state index contributed by atoms with van der Waals surface area (Å²) in [7, 11) is 1.31. The number of ether oxygens (including phenoxy) is 8. The Kier molecular flexibility index (Phi) is 21.2. The van der Waals surface area contributed by atoms with Gasteiger partial charge in [0.15, 0.2) is 11.9 Å². The van der Waals surface area contributed by atoms with E-state index in [2.05, 4.69) is 26.6 Å². The van der Waals surface area contributed by atoms with Gasteiger partial charge in [-0.1, -0.05) is 0 Å². The van der Waals surface area contributed by atoms with E-state index in [0.29, 0.717) is 0 Å². The van der Waals surface area contributed by atoms with Crippen LogP contribution in [0.25, 0.3) is 0 Å². The van der Waals surface area contributed by atoms with Crippen LogP contribution in [0.3, 0.4) is 0 Å². The summed E-state index contributed by atoms with van der Waals surface area (Å²) in [6, 6.07) is -5.09. The molecule has 3 fully saturated rings. The predicted molar refractivity (Wildman–Crippen MR) is 279 cm³/mol. The van der Waals surface area contributed by atoms with Crippen LogP contribution in [0, 0.1) is 5.92 Å². The highest BCUT2D eigenvalue weighted by Gasteiger charge is 2.58. The number of likely N-dealkylation sites (N-methyl/N-ethyl adjacent to an activating group) is 1. The van der Waals surface area contributed by atoms with Crippen molar-refractivity contribution in [2.45, 2.75) is 230 Å². The normalized spacial score (nSPS) is 30.3. The molecule has 78 heavy (non-hydrogen) atoms. The zero-order valence-electron chi connectivity index (χ0n) is 48.6. The molecular weight excluding hydrogens is 1030 g/mol. The molecule has 10 N–H and O–H groups in total. The second-order valence-corrected chi connectivity index (χ2v) is 25.9. The summed E-state index contributed by atoms with van der Waals surface area (Å²) in [6.07, 6.45) is -12.6. The molecular formula is C52H91N7O19. The first-order chi connectivity index (χ1) is 35.5. The first-order valence-electron chi connectivity index (χ1n) is 26.5. The second-order valence-electron chi connectivity index (χ2n) is 25.9.